The number of fused-ring (bicyclic) bond motifs is 1. The maximum absolute atomic E-state index is 14.8. The molecule has 1 aromatic heterocycles. The van der Waals surface area contributed by atoms with E-state index in [1.54, 1.807) is 17.9 Å². The maximum Gasteiger partial charge on any atom is 0.422 e. The molecule has 0 spiro atoms. The van der Waals surface area contributed by atoms with Crippen LogP contribution in [0.5, 0.6) is 0 Å². The third-order valence-corrected chi connectivity index (χ3v) is 7.91. The monoisotopic (exact) mass is 669 g/mol. The molecule has 7 nitrogen and oxygen atoms in total. The Kier molecular flexibility index (Phi) is 14.1. The molecule has 1 amide bonds. The number of carbonyl (C=O) groups is 1. The second-order valence-corrected chi connectivity index (χ2v) is 11.3. The third-order valence-electron chi connectivity index (χ3n) is 7.91. The predicted octanol–water partition coefficient (Wildman–Crippen LogP) is 7.65. The van der Waals surface area contributed by atoms with Crippen molar-refractivity contribution in [1.82, 2.24) is 20.0 Å². The number of H-pyrrole nitrogens is 1. The topological polar surface area (TPSA) is 81.7 Å². The lowest BCUT2D eigenvalue weighted by Crippen LogP contribution is -2.55. The van der Waals surface area contributed by atoms with Crippen molar-refractivity contribution in [2.75, 3.05) is 26.2 Å². The van der Waals surface area contributed by atoms with Gasteiger partial charge in [-0.2, -0.15) is 31.4 Å². The van der Waals surface area contributed by atoms with Crippen molar-refractivity contribution in [2.45, 2.75) is 104 Å². The molecule has 1 saturated heterocycles. The van der Waals surface area contributed by atoms with Gasteiger partial charge >= 0.3 is 12.4 Å². The molecule has 15 heteroatoms. The number of unbranched alkanes of at least 4 members (excludes halogenated alkanes) is 1. The number of allylic oxidation sites excluding steroid dienone is 4. The highest BCUT2D eigenvalue weighted by Crippen LogP contribution is 2.43. The molecule has 2 unspecified atom stereocenters. The molecular formula is C31H43F8N5O2. The fourth-order valence-electron chi connectivity index (χ4n) is 5.57. The Morgan fingerprint density at radius 2 is 1.80 bits per heavy atom. The van der Waals surface area contributed by atoms with Crippen LogP contribution in [0.1, 0.15) is 96.0 Å². The number of amides is 1. The first-order chi connectivity index (χ1) is 21.4. The number of nitrogens with one attached hydrogen (secondary N) is 1. The number of hydrogen-bond donors (Lipinski definition) is 1. The summed E-state index contributed by atoms with van der Waals surface area (Å²) in [5, 5.41) is 5.75. The number of carbonyl (C=O) groups excluding carboxylic acids is 1. The summed E-state index contributed by atoms with van der Waals surface area (Å²) < 4.78 is 106. The molecule has 46 heavy (non-hydrogen) atoms. The molecule has 2 atom stereocenters. The maximum atomic E-state index is 14.8. The average Bonchev–Trinajstić information content (AvgIpc) is 3.37. The standard InChI is InChI=1S/C21H29F5N4O2.C10H14F3N/c1-3-5-10-29(9-4-2)19(32)14-12-30(11-8-20(14,22)23)15-7-6-13-16(21(24,25)26)18(31)28-27-17(13)15;1-4-6-8(3)14-7-9(5-2)10(11,12)13/h14-15H,3-12H2,1-2H3,(H,28,31);5-7H,4H2,1-3H3/b;8-6+,9-5+,14-7+. The lowest BCUT2D eigenvalue weighted by molar-refractivity contribution is -0.162. The quantitative estimate of drug-likeness (QED) is 0.205. The van der Waals surface area contributed by atoms with E-state index in [0.29, 0.717) is 31.6 Å². The Morgan fingerprint density at radius 3 is 2.35 bits per heavy atom. The smallest absolute Gasteiger partial charge is 0.342 e. The predicted molar refractivity (Wildman–Crippen MR) is 160 cm³/mol. The molecule has 1 aromatic rings. The fourth-order valence-corrected chi connectivity index (χ4v) is 5.57. The van der Waals surface area contributed by atoms with Crippen LogP contribution < -0.4 is 5.56 Å². The molecule has 1 N–H and O–H groups in total. The van der Waals surface area contributed by atoms with Gasteiger partial charge in [-0.25, -0.2) is 13.9 Å². The molecule has 1 aliphatic carbocycles. The van der Waals surface area contributed by atoms with Gasteiger partial charge in [-0.3, -0.25) is 19.5 Å². The molecule has 3 rings (SSSR count). The highest BCUT2D eigenvalue weighted by molar-refractivity contribution is 5.81. The van der Waals surface area contributed by atoms with E-state index >= 15 is 0 Å². The highest BCUT2D eigenvalue weighted by atomic mass is 19.4. The average molecular weight is 670 g/mol. The van der Waals surface area contributed by atoms with Crippen molar-refractivity contribution in [2.24, 2.45) is 10.9 Å². The van der Waals surface area contributed by atoms with Crippen molar-refractivity contribution in [3.63, 3.8) is 0 Å². The summed E-state index contributed by atoms with van der Waals surface area (Å²) in [6.45, 7) is 9.20. The van der Waals surface area contributed by atoms with E-state index in [0.717, 1.165) is 25.1 Å². The van der Waals surface area contributed by atoms with E-state index < -0.39 is 59.3 Å². The lowest BCUT2D eigenvalue weighted by Gasteiger charge is -2.42. The van der Waals surface area contributed by atoms with Crippen LogP contribution in [0.2, 0.25) is 0 Å². The second-order valence-electron chi connectivity index (χ2n) is 11.3. The Bertz CT molecular complexity index is 1320. The van der Waals surface area contributed by atoms with E-state index in [9.17, 15) is 44.7 Å². The molecule has 0 saturated carbocycles. The Morgan fingerprint density at radius 1 is 1.13 bits per heavy atom. The van der Waals surface area contributed by atoms with Crippen molar-refractivity contribution in [3.05, 3.63) is 50.6 Å². The third kappa shape index (κ3) is 10.2. The second kappa shape index (κ2) is 16.6. The lowest BCUT2D eigenvalue weighted by atomic mass is 9.90. The van der Waals surface area contributed by atoms with Gasteiger partial charge in [0.1, 0.15) is 11.5 Å². The number of nitrogens with zero attached hydrogens (tertiary/aromatic N) is 4. The van der Waals surface area contributed by atoms with E-state index in [2.05, 4.69) is 10.1 Å². The molecule has 260 valence electrons. The van der Waals surface area contributed by atoms with Crippen molar-refractivity contribution in [3.8, 4) is 0 Å². The van der Waals surface area contributed by atoms with Gasteiger partial charge in [-0.1, -0.05) is 39.3 Å². The summed E-state index contributed by atoms with van der Waals surface area (Å²) in [6, 6.07) is -0.649. The summed E-state index contributed by atoms with van der Waals surface area (Å²) in [5.74, 6) is -5.37. The summed E-state index contributed by atoms with van der Waals surface area (Å²) >= 11 is 0. The van der Waals surface area contributed by atoms with Crippen LogP contribution in [0.25, 0.3) is 0 Å². The fraction of sp³-hybridized carbons (Fsp3) is 0.677. The minimum atomic E-state index is -4.83. The minimum absolute atomic E-state index is 0.0181. The number of aromatic amines is 1. The number of likely N-dealkylation sites (tertiary alicyclic amines) is 1. The van der Waals surface area contributed by atoms with Crippen LogP contribution in [0.4, 0.5) is 35.1 Å². The van der Waals surface area contributed by atoms with E-state index in [4.69, 9.17) is 0 Å². The minimum Gasteiger partial charge on any atom is -0.342 e. The molecule has 2 heterocycles. The van der Waals surface area contributed by atoms with Crippen LogP contribution in [-0.4, -0.2) is 70.4 Å². The van der Waals surface area contributed by atoms with Crippen molar-refractivity contribution >= 4 is 12.1 Å². The van der Waals surface area contributed by atoms with Crippen molar-refractivity contribution < 1.29 is 39.9 Å². The molecule has 1 fully saturated rings. The Labute approximate surface area is 263 Å². The first-order valence-corrected chi connectivity index (χ1v) is 15.5. The van der Waals surface area contributed by atoms with Crippen LogP contribution in [0.3, 0.4) is 0 Å². The van der Waals surface area contributed by atoms with Gasteiger partial charge in [0.15, 0.2) is 0 Å². The Hall–Kier alpha value is -3.10. The normalized spacial score (nSPS) is 20.8. The number of hydrogen-bond acceptors (Lipinski definition) is 5. The molecule has 2 aliphatic rings. The molecule has 0 bridgehead atoms. The van der Waals surface area contributed by atoms with Gasteiger partial charge in [-0.15, -0.1) is 0 Å². The first kappa shape index (κ1) is 39.1. The highest BCUT2D eigenvalue weighted by Gasteiger charge is 2.51. The zero-order valence-corrected chi connectivity index (χ0v) is 26.8. The largest absolute Gasteiger partial charge is 0.422 e. The summed E-state index contributed by atoms with van der Waals surface area (Å²) in [5.41, 5.74) is -2.82. The van der Waals surface area contributed by atoms with Gasteiger partial charge in [-0.05, 0) is 51.5 Å². The van der Waals surface area contributed by atoms with Crippen LogP contribution in [0.15, 0.2) is 33.2 Å². The van der Waals surface area contributed by atoms with Crippen LogP contribution >= 0.6 is 0 Å². The molecule has 0 aromatic carbocycles. The van der Waals surface area contributed by atoms with Gasteiger partial charge in [0.05, 0.1) is 17.3 Å². The van der Waals surface area contributed by atoms with Gasteiger partial charge < -0.3 is 4.90 Å². The van der Waals surface area contributed by atoms with E-state index in [-0.39, 0.29) is 37.2 Å². The van der Waals surface area contributed by atoms with Crippen LogP contribution in [-0.2, 0) is 17.4 Å². The Balaban J connectivity index is 0.000000444. The van der Waals surface area contributed by atoms with Crippen molar-refractivity contribution in [1.29, 1.82) is 0 Å². The van der Waals surface area contributed by atoms with E-state index in [1.165, 1.54) is 11.8 Å². The molecule has 1 aliphatic heterocycles. The number of halogens is 8. The number of rotatable bonds is 10. The van der Waals surface area contributed by atoms with Crippen LogP contribution in [0, 0.1) is 5.92 Å². The van der Waals surface area contributed by atoms with E-state index in [1.807, 2.05) is 25.9 Å². The van der Waals surface area contributed by atoms with Gasteiger partial charge in [0.2, 0.25) is 5.91 Å². The summed E-state index contributed by atoms with van der Waals surface area (Å²) in [4.78, 5) is 31.6. The summed E-state index contributed by atoms with van der Waals surface area (Å²) in [6.07, 6.45) is -2.94. The zero-order valence-electron chi connectivity index (χ0n) is 26.8. The SMILES string of the molecule is CCCCN(CCC)C(=O)C1CN(C2CCc3c2n[nH]c(=O)c3C(F)(F)F)CCC1(F)F.C\C=C(/C=N/C(C)=C/CC)C(F)(F)F. The van der Waals surface area contributed by atoms with Gasteiger partial charge in [0, 0.05) is 44.5 Å². The molecule has 0 radical (unpaired) electrons. The number of piperidine rings is 1. The first-order valence-electron chi connectivity index (χ1n) is 15.5. The van der Waals surface area contributed by atoms with Gasteiger partial charge in [0.25, 0.3) is 11.5 Å². The number of alkyl halides is 8. The number of aromatic nitrogens is 2. The zero-order chi connectivity index (χ0) is 34.9. The molecular weight excluding hydrogens is 626 g/mol. The number of aliphatic imine (C=N–C) groups is 1. The summed E-state index contributed by atoms with van der Waals surface area (Å²) in [7, 11) is 0.